The Hall–Kier alpha value is -1.13. The van der Waals surface area contributed by atoms with Gasteiger partial charge in [-0.15, -0.1) is 0 Å². The molecule has 0 spiro atoms. The largest absolute Gasteiger partial charge is 0.309 e. The normalized spacial score (nSPS) is 11.4. The first-order valence-electron chi connectivity index (χ1n) is 5.03. The molecule has 0 aromatic heterocycles. The van der Waals surface area contributed by atoms with E-state index >= 15 is 0 Å². The van der Waals surface area contributed by atoms with Gasteiger partial charge in [-0.3, -0.25) is 0 Å². The van der Waals surface area contributed by atoms with E-state index in [2.05, 4.69) is 11.9 Å². The Kier molecular flexibility index (Phi) is 4.26. The van der Waals surface area contributed by atoms with Crippen LogP contribution < -0.4 is 5.32 Å². The minimum Gasteiger partial charge on any atom is -0.309 e. The number of rotatable bonds is 5. The molecule has 0 saturated carbocycles. The van der Waals surface area contributed by atoms with Crippen LogP contribution in [-0.4, -0.2) is 21.2 Å². The third-order valence-corrected chi connectivity index (χ3v) is 3.24. The summed E-state index contributed by atoms with van der Waals surface area (Å²) >= 11 is 0. The van der Waals surface area contributed by atoms with Crippen molar-refractivity contribution in [2.75, 3.05) is 12.8 Å². The average molecular weight is 239 g/mol. The van der Waals surface area contributed by atoms with Gasteiger partial charge in [-0.1, -0.05) is 24.3 Å². The molecule has 1 rings (SSSR count). The van der Waals surface area contributed by atoms with Gasteiger partial charge in [0.05, 0.1) is 4.90 Å². The molecule has 1 aromatic rings. The lowest BCUT2D eigenvalue weighted by Crippen LogP contribution is -2.15. The highest BCUT2D eigenvalue weighted by Crippen LogP contribution is 2.10. The Morgan fingerprint density at radius 2 is 1.88 bits per heavy atom. The van der Waals surface area contributed by atoms with Crippen LogP contribution in [0.25, 0.3) is 0 Å². The quantitative estimate of drug-likeness (QED) is 0.796. The van der Waals surface area contributed by atoms with Crippen LogP contribution in [0.5, 0.6) is 0 Å². The Balaban J connectivity index is 2.62. The Morgan fingerprint density at radius 3 is 2.31 bits per heavy atom. The van der Waals surface area contributed by atoms with Crippen LogP contribution in [0.15, 0.2) is 41.3 Å². The molecule has 0 unspecified atom stereocenters. The van der Waals surface area contributed by atoms with Gasteiger partial charge in [-0.25, -0.2) is 8.42 Å². The van der Waals surface area contributed by atoms with Crippen molar-refractivity contribution in [3.63, 3.8) is 0 Å². The Morgan fingerprint density at radius 1 is 1.31 bits per heavy atom. The third kappa shape index (κ3) is 4.16. The smallest absolute Gasteiger partial charge is 0.175 e. The zero-order valence-corrected chi connectivity index (χ0v) is 10.5. The maximum atomic E-state index is 11.2. The van der Waals surface area contributed by atoms with Crippen LogP contribution in [-0.2, 0) is 16.4 Å². The van der Waals surface area contributed by atoms with Crippen LogP contribution in [0.4, 0.5) is 0 Å². The first kappa shape index (κ1) is 12.9. The molecular formula is C12H17NO2S. The molecule has 3 nitrogen and oxygen atoms in total. The van der Waals surface area contributed by atoms with Gasteiger partial charge < -0.3 is 5.32 Å². The highest BCUT2D eigenvalue weighted by Gasteiger charge is 2.05. The molecule has 0 aliphatic carbocycles. The minimum atomic E-state index is -3.09. The molecule has 1 aromatic carbocycles. The maximum Gasteiger partial charge on any atom is 0.175 e. The Labute approximate surface area is 97.1 Å². The van der Waals surface area contributed by atoms with E-state index in [4.69, 9.17) is 0 Å². The lowest BCUT2D eigenvalue weighted by atomic mass is 10.2. The summed E-state index contributed by atoms with van der Waals surface area (Å²) in [6.45, 7) is 7.24. The van der Waals surface area contributed by atoms with Gasteiger partial charge in [0.25, 0.3) is 0 Å². The number of hydrogen-bond donors (Lipinski definition) is 1. The topological polar surface area (TPSA) is 46.2 Å². The van der Waals surface area contributed by atoms with Gasteiger partial charge in [0.1, 0.15) is 0 Å². The fourth-order valence-electron chi connectivity index (χ4n) is 1.27. The number of benzene rings is 1. The number of hydrogen-bond acceptors (Lipinski definition) is 3. The van der Waals surface area contributed by atoms with Crippen molar-refractivity contribution < 1.29 is 8.42 Å². The van der Waals surface area contributed by atoms with E-state index in [0.717, 1.165) is 24.2 Å². The van der Waals surface area contributed by atoms with E-state index in [1.807, 2.05) is 19.1 Å². The molecule has 0 aliphatic rings. The van der Waals surface area contributed by atoms with E-state index in [-0.39, 0.29) is 0 Å². The lowest BCUT2D eigenvalue weighted by Gasteiger charge is -2.05. The van der Waals surface area contributed by atoms with E-state index in [9.17, 15) is 8.42 Å². The van der Waals surface area contributed by atoms with Gasteiger partial charge in [0, 0.05) is 19.3 Å². The van der Waals surface area contributed by atoms with Crippen molar-refractivity contribution in [1.82, 2.24) is 5.32 Å². The minimum absolute atomic E-state index is 0.358. The lowest BCUT2D eigenvalue weighted by molar-refractivity contribution is 0.602. The van der Waals surface area contributed by atoms with Gasteiger partial charge in [0.2, 0.25) is 0 Å². The van der Waals surface area contributed by atoms with Crippen LogP contribution in [0.1, 0.15) is 12.5 Å². The van der Waals surface area contributed by atoms with Gasteiger partial charge in [-0.05, 0) is 24.6 Å². The second-order valence-electron chi connectivity index (χ2n) is 3.98. The van der Waals surface area contributed by atoms with Gasteiger partial charge in [-0.2, -0.15) is 0 Å². The molecule has 0 bridgehead atoms. The summed E-state index contributed by atoms with van der Waals surface area (Å²) in [7, 11) is -3.09. The molecule has 16 heavy (non-hydrogen) atoms. The van der Waals surface area contributed by atoms with E-state index in [1.165, 1.54) is 6.26 Å². The molecular weight excluding hydrogens is 222 g/mol. The first-order chi connectivity index (χ1) is 7.39. The molecule has 0 aliphatic heterocycles. The van der Waals surface area contributed by atoms with Crippen molar-refractivity contribution in [2.24, 2.45) is 0 Å². The highest BCUT2D eigenvalue weighted by atomic mass is 32.2. The van der Waals surface area contributed by atoms with Crippen LogP contribution in [0.2, 0.25) is 0 Å². The standard InChI is InChI=1S/C12H17NO2S/c1-10(2)8-13-9-11-4-6-12(7-5-11)16(3,14)15/h4-7,13H,1,8-9H2,2-3H3. The van der Waals surface area contributed by atoms with E-state index in [1.54, 1.807) is 12.1 Å². The third-order valence-electron chi connectivity index (χ3n) is 2.11. The average Bonchev–Trinajstić information content (AvgIpc) is 2.16. The summed E-state index contributed by atoms with van der Waals surface area (Å²) in [6.07, 6.45) is 1.21. The highest BCUT2D eigenvalue weighted by molar-refractivity contribution is 7.90. The summed E-state index contributed by atoms with van der Waals surface area (Å²) in [6, 6.07) is 6.91. The molecule has 0 saturated heterocycles. The zero-order chi connectivity index (χ0) is 12.2. The second kappa shape index (κ2) is 5.27. The zero-order valence-electron chi connectivity index (χ0n) is 9.66. The maximum absolute atomic E-state index is 11.2. The molecule has 0 atom stereocenters. The van der Waals surface area contributed by atoms with Crippen molar-refractivity contribution in [3.05, 3.63) is 42.0 Å². The van der Waals surface area contributed by atoms with Gasteiger partial charge in [0.15, 0.2) is 9.84 Å². The molecule has 1 N–H and O–H groups in total. The molecule has 0 heterocycles. The molecule has 0 amide bonds. The molecule has 4 heteroatoms. The Bertz CT molecular complexity index is 460. The second-order valence-corrected chi connectivity index (χ2v) is 5.99. The number of nitrogens with one attached hydrogen (secondary N) is 1. The summed E-state index contributed by atoms with van der Waals surface area (Å²) < 4.78 is 22.4. The monoisotopic (exact) mass is 239 g/mol. The fraction of sp³-hybridized carbons (Fsp3) is 0.333. The van der Waals surface area contributed by atoms with Crippen molar-refractivity contribution in [2.45, 2.75) is 18.4 Å². The molecule has 0 fully saturated rings. The summed E-state index contributed by atoms with van der Waals surface area (Å²) in [5.41, 5.74) is 2.14. The summed E-state index contributed by atoms with van der Waals surface area (Å²) in [4.78, 5) is 0.358. The van der Waals surface area contributed by atoms with E-state index < -0.39 is 9.84 Å². The van der Waals surface area contributed by atoms with Crippen LogP contribution in [0, 0.1) is 0 Å². The van der Waals surface area contributed by atoms with Crippen molar-refractivity contribution in [3.8, 4) is 0 Å². The molecule has 88 valence electrons. The van der Waals surface area contributed by atoms with E-state index in [0.29, 0.717) is 4.90 Å². The summed E-state index contributed by atoms with van der Waals surface area (Å²) in [5, 5.41) is 3.21. The molecule has 0 radical (unpaired) electrons. The first-order valence-corrected chi connectivity index (χ1v) is 6.93. The summed E-state index contributed by atoms with van der Waals surface area (Å²) in [5.74, 6) is 0. The van der Waals surface area contributed by atoms with Crippen LogP contribution >= 0.6 is 0 Å². The fourth-order valence-corrected chi connectivity index (χ4v) is 1.91. The number of sulfone groups is 1. The predicted molar refractivity (Wildman–Crippen MR) is 66.1 cm³/mol. The van der Waals surface area contributed by atoms with Crippen molar-refractivity contribution in [1.29, 1.82) is 0 Å². The van der Waals surface area contributed by atoms with Crippen LogP contribution in [0.3, 0.4) is 0 Å². The van der Waals surface area contributed by atoms with Crippen molar-refractivity contribution >= 4 is 9.84 Å². The SMILES string of the molecule is C=C(C)CNCc1ccc(S(C)(=O)=O)cc1. The predicted octanol–water partition coefficient (Wildman–Crippen LogP) is 1.76. The van der Waals surface area contributed by atoms with Gasteiger partial charge >= 0.3 is 0 Å².